The maximum atomic E-state index is 10.2. The third-order valence-corrected chi connectivity index (χ3v) is 9.24. The van der Waals surface area contributed by atoms with Gasteiger partial charge in [0.05, 0.1) is 6.10 Å². The molecule has 0 heterocycles. The zero-order chi connectivity index (χ0) is 14.5. The molecule has 0 unspecified atom stereocenters. The predicted octanol–water partition coefficient (Wildman–Crippen LogP) is 4.51. The quantitative estimate of drug-likeness (QED) is 0.442. The molecule has 0 bridgehead atoms. The van der Waals surface area contributed by atoms with E-state index in [0.29, 0.717) is 5.92 Å². The highest BCUT2D eigenvalue weighted by molar-refractivity contribution is 6.74. The van der Waals surface area contributed by atoms with Crippen LogP contribution in [-0.4, -0.2) is 26.1 Å². The van der Waals surface area contributed by atoms with Gasteiger partial charge in [-0.1, -0.05) is 32.9 Å². The van der Waals surface area contributed by atoms with Crippen LogP contribution in [0.2, 0.25) is 18.1 Å². The van der Waals surface area contributed by atoms with E-state index in [1.54, 1.807) is 0 Å². The molecule has 2 atom stereocenters. The molecule has 3 heteroatoms. The summed E-state index contributed by atoms with van der Waals surface area (Å²) in [6, 6.07) is 0. The Hall–Kier alpha value is -0.123. The van der Waals surface area contributed by atoms with Gasteiger partial charge in [0.25, 0.3) is 0 Å². The second-order valence-corrected chi connectivity index (χ2v) is 12.2. The average Bonchev–Trinajstić information content (AvgIpc) is 2.34. The molecule has 1 aliphatic rings. The van der Waals surface area contributed by atoms with Gasteiger partial charge in [-0.05, 0) is 50.2 Å². The summed E-state index contributed by atoms with van der Waals surface area (Å²) in [6.45, 7) is 12.2. The maximum Gasteiger partial charge on any atom is 0.191 e. The summed E-state index contributed by atoms with van der Waals surface area (Å²) in [6.07, 6.45) is 9.60. The van der Waals surface area contributed by atoms with Crippen molar-refractivity contribution in [2.75, 3.05) is 6.61 Å². The molecule has 1 N–H and O–H groups in total. The summed E-state index contributed by atoms with van der Waals surface area (Å²) in [5, 5.41) is 10.4. The van der Waals surface area contributed by atoms with E-state index in [2.05, 4.69) is 46.0 Å². The molecule has 0 aromatic heterocycles. The van der Waals surface area contributed by atoms with Crippen molar-refractivity contribution in [3.63, 3.8) is 0 Å². The van der Waals surface area contributed by atoms with E-state index in [1.807, 2.05) is 0 Å². The van der Waals surface area contributed by atoms with E-state index in [1.165, 1.54) is 12.8 Å². The molecular formula is C16H32O2Si. The fourth-order valence-electron chi connectivity index (χ4n) is 2.21. The summed E-state index contributed by atoms with van der Waals surface area (Å²) in [4.78, 5) is 0. The average molecular weight is 285 g/mol. The van der Waals surface area contributed by atoms with E-state index in [-0.39, 0.29) is 11.1 Å². The van der Waals surface area contributed by atoms with Gasteiger partial charge in [0.1, 0.15) is 0 Å². The number of hydrogen-bond acceptors (Lipinski definition) is 2. The monoisotopic (exact) mass is 284 g/mol. The lowest BCUT2D eigenvalue weighted by molar-refractivity contribution is 0.104. The second kappa shape index (κ2) is 7.05. The Kier molecular flexibility index (Phi) is 6.28. The highest BCUT2D eigenvalue weighted by Gasteiger charge is 2.36. The second-order valence-electron chi connectivity index (χ2n) is 7.34. The van der Waals surface area contributed by atoms with Gasteiger partial charge in [-0.15, -0.1) is 0 Å². The number of rotatable bonds is 6. The van der Waals surface area contributed by atoms with Crippen molar-refractivity contribution in [2.45, 2.75) is 77.1 Å². The third-order valence-electron chi connectivity index (χ3n) is 4.70. The van der Waals surface area contributed by atoms with Gasteiger partial charge in [0, 0.05) is 12.5 Å². The molecule has 1 rings (SSSR count). The van der Waals surface area contributed by atoms with Crippen LogP contribution in [0.25, 0.3) is 0 Å². The normalized spacial score (nSPS) is 22.5. The van der Waals surface area contributed by atoms with Gasteiger partial charge < -0.3 is 9.53 Å². The molecule has 0 aromatic rings. The first-order valence-electron chi connectivity index (χ1n) is 7.73. The summed E-state index contributed by atoms with van der Waals surface area (Å²) in [5.74, 6) is 0.377. The molecule has 0 aromatic carbocycles. The van der Waals surface area contributed by atoms with E-state index >= 15 is 0 Å². The van der Waals surface area contributed by atoms with E-state index in [9.17, 15) is 5.11 Å². The van der Waals surface area contributed by atoms with E-state index in [4.69, 9.17) is 4.43 Å². The number of aliphatic hydroxyl groups is 1. The van der Waals surface area contributed by atoms with Crippen molar-refractivity contribution in [1.29, 1.82) is 0 Å². The fraction of sp³-hybridized carbons (Fsp3) is 0.875. The first kappa shape index (κ1) is 16.9. The Balaban J connectivity index is 2.23. The molecule has 0 aliphatic heterocycles. The summed E-state index contributed by atoms with van der Waals surface area (Å²) in [5.41, 5.74) is 0. The Labute approximate surface area is 120 Å². The standard InChI is InChI=1S/C16H32O2Si/c1-16(2,3)19(4,5)18-13-9-12-15(17)14-10-7-6-8-11-14/h7,10,14-15,17H,6,8-9,11-13H2,1-5H3/t14-,15+/m1/s1. The van der Waals surface area contributed by atoms with Gasteiger partial charge in [0.15, 0.2) is 8.32 Å². The molecular weight excluding hydrogens is 252 g/mol. The van der Waals surface area contributed by atoms with Crippen LogP contribution in [-0.2, 0) is 4.43 Å². The summed E-state index contributed by atoms with van der Waals surface area (Å²) >= 11 is 0. The summed E-state index contributed by atoms with van der Waals surface area (Å²) < 4.78 is 6.14. The van der Waals surface area contributed by atoms with Crippen LogP contribution in [0.15, 0.2) is 12.2 Å². The zero-order valence-electron chi connectivity index (χ0n) is 13.4. The van der Waals surface area contributed by atoms with Crippen LogP contribution in [0.4, 0.5) is 0 Å². The van der Waals surface area contributed by atoms with Crippen LogP contribution in [0.5, 0.6) is 0 Å². The van der Waals surface area contributed by atoms with Gasteiger partial charge in [-0.3, -0.25) is 0 Å². The van der Waals surface area contributed by atoms with E-state index < -0.39 is 8.32 Å². The van der Waals surface area contributed by atoms with Gasteiger partial charge in [-0.2, -0.15) is 0 Å². The number of allylic oxidation sites excluding steroid dienone is 1. The van der Waals surface area contributed by atoms with Crippen LogP contribution in [0.3, 0.4) is 0 Å². The Morgan fingerprint density at radius 3 is 2.58 bits per heavy atom. The molecule has 0 saturated heterocycles. The smallest absolute Gasteiger partial charge is 0.191 e. The minimum atomic E-state index is -1.61. The minimum absolute atomic E-state index is 0.181. The van der Waals surface area contributed by atoms with Crippen LogP contribution < -0.4 is 0 Å². The first-order valence-corrected chi connectivity index (χ1v) is 10.6. The van der Waals surface area contributed by atoms with E-state index in [0.717, 1.165) is 25.9 Å². The highest BCUT2D eigenvalue weighted by Crippen LogP contribution is 2.36. The van der Waals surface area contributed by atoms with Crippen LogP contribution in [0, 0.1) is 5.92 Å². The van der Waals surface area contributed by atoms with Crippen molar-refractivity contribution in [3.05, 3.63) is 12.2 Å². The van der Waals surface area contributed by atoms with Gasteiger partial charge in [-0.25, -0.2) is 0 Å². The number of aliphatic hydroxyl groups excluding tert-OH is 1. The molecule has 112 valence electrons. The van der Waals surface area contributed by atoms with Crippen molar-refractivity contribution in [3.8, 4) is 0 Å². The molecule has 0 radical (unpaired) electrons. The first-order chi connectivity index (χ1) is 8.74. The van der Waals surface area contributed by atoms with Crippen molar-refractivity contribution in [1.82, 2.24) is 0 Å². The minimum Gasteiger partial charge on any atom is -0.417 e. The lowest BCUT2D eigenvalue weighted by Crippen LogP contribution is -2.41. The van der Waals surface area contributed by atoms with Crippen molar-refractivity contribution in [2.24, 2.45) is 5.92 Å². The van der Waals surface area contributed by atoms with Crippen molar-refractivity contribution < 1.29 is 9.53 Å². The molecule has 2 nitrogen and oxygen atoms in total. The van der Waals surface area contributed by atoms with Crippen molar-refractivity contribution >= 4 is 8.32 Å². The Morgan fingerprint density at radius 1 is 1.37 bits per heavy atom. The van der Waals surface area contributed by atoms with Crippen LogP contribution >= 0.6 is 0 Å². The lowest BCUT2D eigenvalue weighted by Gasteiger charge is -2.36. The molecule has 0 amide bonds. The number of hydrogen-bond donors (Lipinski definition) is 1. The highest BCUT2D eigenvalue weighted by atomic mass is 28.4. The summed E-state index contributed by atoms with van der Waals surface area (Å²) in [7, 11) is -1.61. The van der Waals surface area contributed by atoms with Gasteiger partial charge >= 0.3 is 0 Å². The zero-order valence-corrected chi connectivity index (χ0v) is 14.4. The predicted molar refractivity (Wildman–Crippen MR) is 84.9 cm³/mol. The SMILES string of the molecule is CC(C)(C)[Si](C)(C)OCCC[C@H](O)[C@@H]1C=CCCC1. The molecule has 19 heavy (non-hydrogen) atoms. The topological polar surface area (TPSA) is 29.5 Å². The maximum absolute atomic E-state index is 10.2. The van der Waals surface area contributed by atoms with Crippen LogP contribution in [0.1, 0.15) is 52.9 Å². The molecule has 0 spiro atoms. The fourth-order valence-corrected chi connectivity index (χ4v) is 3.30. The third kappa shape index (κ3) is 5.40. The molecule has 0 saturated carbocycles. The lowest BCUT2D eigenvalue weighted by atomic mass is 9.89. The van der Waals surface area contributed by atoms with Gasteiger partial charge in [0.2, 0.25) is 0 Å². The largest absolute Gasteiger partial charge is 0.417 e. The molecule has 1 aliphatic carbocycles. The Bertz CT molecular complexity index is 292. The molecule has 0 fully saturated rings. The Morgan fingerprint density at radius 2 is 2.05 bits per heavy atom.